The first-order valence-corrected chi connectivity index (χ1v) is 12.8. The lowest BCUT2D eigenvalue weighted by Crippen LogP contribution is -2.61. The summed E-state index contributed by atoms with van der Waals surface area (Å²) in [7, 11) is 0. The third kappa shape index (κ3) is 3.54. The second kappa shape index (κ2) is 8.39. The highest BCUT2D eigenvalue weighted by atomic mass is 16.4. The molecule has 0 unspecified atom stereocenters. The zero-order chi connectivity index (χ0) is 21.8. The first-order chi connectivity index (χ1) is 14.2. The van der Waals surface area contributed by atoms with Crippen LogP contribution in [0.1, 0.15) is 85.5 Å². The summed E-state index contributed by atoms with van der Waals surface area (Å²) < 4.78 is 0. The molecule has 4 fully saturated rings. The first-order valence-electron chi connectivity index (χ1n) is 12.8. The fourth-order valence-electron chi connectivity index (χ4n) is 9.34. The van der Waals surface area contributed by atoms with E-state index in [0.29, 0.717) is 53.3 Å². The number of aliphatic hydroxyl groups is 2. The monoisotopic (exact) mass is 420 g/mol. The van der Waals surface area contributed by atoms with E-state index in [1.54, 1.807) is 0 Å². The molecule has 0 heterocycles. The second-order valence-electron chi connectivity index (χ2n) is 11.9. The van der Waals surface area contributed by atoms with Crippen molar-refractivity contribution in [3.63, 3.8) is 0 Å². The number of carboxylic acid groups (broad SMARTS) is 1. The van der Waals surface area contributed by atoms with Gasteiger partial charge in [-0.15, -0.1) is 0 Å². The molecule has 4 aliphatic rings. The third-order valence-corrected chi connectivity index (χ3v) is 10.7. The first kappa shape index (κ1) is 22.6. The van der Waals surface area contributed by atoms with Crippen molar-refractivity contribution in [1.29, 1.82) is 0 Å². The molecular formula is C26H44O4. The predicted octanol–water partition coefficient (Wildman–Crippen LogP) is 4.97. The molecule has 12 atom stereocenters. The average molecular weight is 421 g/mol. The minimum Gasteiger partial charge on any atom is -0.481 e. The molecule has 4 aliphatic carbocycles. The van der Waals surface area contributed by atoms with Gasteiger partial charge in [0.15, 0.2) is 0 Å². The maximum Gasteiger partial charge on any atom is 0.303 e. The Bertz CT molecular complexity index is 635. The van der Waals surface area contributed by atoms with Crippen LogP contribution < -0.4 is 0 Å². The molecule has 4 heteroatoms. The number of hydrogen-bond acceptors (Lipinski definition) is 3. The van der Waals surface area contributed by atoms with Gasteiger partial charge in [-0.25, -0.2) is 0 Å². The van der Waals surface area contributed by atoms with Crippen LogP contribution in [0.25, 0.3) is 0 Å². The van der Waals surface area contributed by atoms with Crippen LogP contribution in [0.3, 0.4) is 0 Å². The minimum absolute atomic E-state index is 0.194. The minimum atomic E-state index is -0.680. The highest BCUT2D eigenvalue weighted by molar-refractivity contribution is 5.66. The van der Waals surface area contributed by atoms with Crippen molar-refractivity contribution in [2.45, 2.75) is 97.7 Å². The van der Waals surface area contributed by atoms with Crippen LogP contribution in [0, 0.1) is 58.7 Å². The van der Waals surface area contributed by atoms with Gasteiger partial charge in [-0.2, -0.15) is 0 Å². The number of carbonyl (C=O) groups is 1. The Labute approximate surface area is 182 Å². The SMILES string of the molecule is CC[C@H]1[C@@H](O)[C@H]2[C@@H]3CC[C@@H]([C@H](C)CCC(=O)O)[C@H]3[C@H](C)C[C@@H]2[C@@]2(C)CC[C@@H](O)C[C@@H]12. The molecule has 4 rings (SSSR count). The lowest BCUT2D eigenvalue weighted by Gasteiger charge is -2.64. The molecule has 30 heavy (non-hydrogen) atoms. The summed E-state index contributed by atoms with van der Waals surface area (Å²) in [5.74, 6) is 3.96. The molecule has 0 spiro atoms. The second-order valence-corrected chi connectivity index (χ2v) is 11.9. The molecular weight excluding hydrogens is 376 g/mol. The molecule has 0 amide bonds. The van der Waals surface area contributed by atoms with Crippen molar-refractivity contribution in [3.05, 3.63) is 0 Å². The lowest BCUT2D eigenvalue weighted by molar-refractivity contribution is -0.199. The lowest BCUT2D eigenvalue weighted by atomic mass is 9.42. The van der Waals surface area contributed by atoms with E-state index in [9.17, 15) is 15.0 Å². The molecule has 4 saturated carbocycles. The van der Waals surface area contributed by atoms with Gasteiger partial charge in [-0.05, 0) is 104 Å². The summed E-state index contributed by atoms with van der Waals surface area (Å²) in [6.45, 7) is 9.42. The topological polar surface area (TPSA) is 77.8 Å². The Kier molecular flexibility index (Phi) is 6.31. The third-order valence-electron chi connectivity index (χ3n) is 10.7. The molecule has 0 aromatic carbocycles. The number of aliphatic hydroxyl groups excluding tert-OH is 2. The Morgan fingerprint density at radius 1 is 1.10 bits per heavy atom. The molecule has 0 aromatic heterocycles. The Hall–Kier alpha value is -0.610. The number of fused-ring (bicyclic) bond motifs is 5. The standard InChI is InChI=1S/C26H44O4/c1-5-17-20-13-16(27)10-11-26(20,4)21-12-15(3)23-18(14(2)6-9-22(28)29)7-8-19(23)24(21)25(17)30/h14-21,23-25,27,30H,5-13H2,1-4H3,(H,28,29)/t14-,15-,16-,17-,18+,19-,20+,21+,23-,24+,25-,26+/m1/s1. The number of carboxylic acids is 1. The molecule has 3 N–H and O–H groups in total. The van der Waals surface area contributed by atoms with Gasteiger partial charge >= 0.3 is 5.97 Å². The van der Waals surface area contributed by atoms with Crippen molar-refractivity contribution in [3.8, 4) is 0 Å². The van der Waals surface area contributed by atoms with Crippen LogP contribution in [0.15, 0.2) is 0 Å². The Balaban J connectivity index is 1.61. The molecule has 0 aromatic rings. The van der Waals surface area contributed by atoms with Crippen molar-refractivity contribution in [2.24, 2.45) is 58.7 Å². The zero-order valence-electron chi connectivity index (χ0n) is 19.5. The highest BCUT2D eigenvalue weighted by Gasteiger charge is 2.63. The van der Waals surface area contributed by atoms with Gasteiger partial charge < -0.3 is 15.3 Å². The number of hydrogen-bond donors (Lipinski definition) is 3. The van der Waals surface area contributed by atoms with E-state index in [1.807, 2.05) is 0 Å². The van der Waals surface area contributed by atoms with E-state index < -0.39 is 5.97 Å². The summed E-state index contributed by atoms with van der Waals surface area (Å²) in [6, 6.07) is 0. The molecule has 0 aliphatic heterocycles. The predicted molar refractivity (Wildman–Crippen MR) is 118 cm³/mol. The Morgan fingerprint density at radius 2 is 1.83 bits per heavy atom. The Morgan fingerprint density at radius 3 is 2.50 bits per heavy atom. The maximum atomic E-state index is 11.7. The smallest absolute Gasteiger partial charge is 0.303 e. The van der Waals surface area contributed by atoms with E-state index >= 15 is 0 Å². The van der Waals surface area contributed by atoms with Gasteiger partial charge in [0, 0.05) is 6.42 Å². The highest BCUT2D eigenvalue weighted by Crippen LogP contribution is 2.67. The van der Waals surface area contributed by atoms with Gasteiger partial charge in [0.1, 0.15) is 0 Å². The van der Waals surface area contributed by atoms with Gasteiger partial charge in [0.05, 0.1) is 12.2 Å². The van der Waals surface area contributed by atoms with Crippen molar-refractivity contribution in [1.82, 2.24) is 0 Å². The van der Waals surface area contributed by atoms with E-state index in [1.165, 1.54) is 19.3 Å². The number of rotatable bonds is 5. The summed E-state index contributed by atoms with van der Waals surface area (Å²) >= 11 is 0. The van der Waals surface area contributed by atoms with Crippen molar-refractivity contribution in [2.75, 3.05) is 0 Å². The van der Waals surface area contributed by atoms with Crippen LogP contribution in [0.2, 0.25) is 0 Å². The van der Waals surface area contributed by atoms with Crippen molar-refractivity contribution >= 4 is 5.97 Å². The van der Waals surface area contributed by atoms with Gasteiger partial charge in [0.2, 0.25) is 0 Å². The quantitative estimate of drug-likeness (QED) is 0.587. The van der Waals surface area contributed by atoms with Crippen LogP contribution in [-0.2, 0) is 4.79 Å². The largest absolute Gasteiger partial charge is 0.481 e. The number of aliphatic carboxylic acids is 1. The summed E-state index contributed by atoms with van der Waals surface area (Å²) in [4.78, 5) is 11.1. The van der Waals surface area contributed by atoms with E-state index in [4.69, 9.17) is 5.11 Å². The van der Waals surface area contributed by atoms with Crippen LogP contribution >= 0.6 is 0 Å². The summed E-state index contributed by atoms with van der Waals surface area (Å²) in [5.41, 5.74) is 0.246. The molecule has 4 nitrogen and oxygen atoms in total. The maximum absolute atomic E-state index is 11.7. The summed E-state index contributed by atoms with van der Waals surface area (Å²) in [5, 5.41) is 31.2. The molecule has 0 radical (unpaired) electrons. The van der Waals surface area contributed by atoms with E-state index in [-0.39, 0.29) is 24.0 Å². The van der Waals surface area contributed by atoms with Gasteiger partial charge in [-0.1, -0.05) is 34.1 Å². The van der Waals surface area contributed by atoms with E-state index in [2.05, 4.69) is 27.7 Å². The fraction of sp³-hybridized carbons (Fsp3) is 0.962. The van der Waals surface area contributed by atoms with Crippen LogP contribution in [-0.4, -0.2) is 33.5 Å². The molecule has 0 bridgehead atoms. The van der Waals surface area contributed by atoms with Crippen LogP contribution in [0.5, 0.6) is 0 Å². The normalized spacial score (nSPS) is 51.5. The zero-order valence-corrected chi connectivity index (χ0v) is 19.5. The summed E-state index contributed by atoms with van der Waals surface area (Å²) in [6.07, 6.45) is 8.12. The van der Waals surface area contributed by atoms with Gasteiger partial charge in [0.25, 0.3) is 0 Å². The van der Waals surface area contributed by atoms with Crippen molar-refractivity contribution < 1.29 is 20.1 Å². The van der Waals surface area contributed by atoms with Crippen LogP contribution in [0.4, 0.5) is 0 Å². The molecule has 0 saturated heterocycles. The van der Waals surface area contributed by atoms with E-state index in [0.717, 1.165) is 32.1 Å². The van der Waals surface area contributed by atoms with Gasteiger partial charge in [-0.3, -0.25) is 4.79 Å². The fourth-order valence-corrected chi connectivity index (χ4v) is 9.34. The molecule has 172 valence electrons. The average Bonchev–Trinajstić information content (AvgIpc) is 3.14.